The van der Waals surface area contributed by atoms with Crippen LogP contribution in [0.2, 0.25) is 0 Å². The molecule has 3 fully saturated rings. The minimum atomic E-state index is -1.78. The van der Waals surface area contributed by atoms with E-state index in [0.29, 0.717) is 36.8 Å². The number of methoxy groups -OCH3 is 1. The van der Waals surface area contributed by atoms with E-state index in [1.165, 1.54) is 0 Å². The Morgan fingerprint density at radius 1 is 1.02 bits per heavy atom. The lowest BCUT2D eigenvalue weighted by molar-refractivity contribution is -0.295. The van der Waals surface area contributed by atoms with E-state index in [2.05, 4.69) is 39.8 Å². The SMILES string of the molecule is CCCC1O[C@]2(C=C[C@@H]1C)C[C@@H]1C[C@@H](C/C=C(\C)[C@@H](O[C@H]3C[C@H](OC)C[C@H](C)O3)[C@@H](C)/C=C/C=C3\COC4[C@H](O)C(C)=CC(C(=O)O1)[C@]34O)O2. The fourth-order valence-corrected chi connectivity index (χ4v) is 8.65. The molecule has 3 unspecified atom stereocenters. The number of carbonyl (C=O) groups excluding carboxylic acids is 1. The van der Waals surface area contributed by atoms with Gasteiger partial charge in [-0.05, 0) is 62.8 Å². The normalized spacial score (nSPS) is 48.1. The molecular weight excluding hydrogens is 640 g/mol. The lowest BCUT2D eigenvalue weighted by Crippen LogP contribution is -2.58. The molecule has 6 aliphatic rings. The van der Waals surface area contributed by atoms with Crippen molar-refractivity contribution in [3.63, 3.8) is 0 Å². The third-order valence-corrected chi connectivity index (χ3v) is 11.5. The maximum atomic E-state index is 14.2. The number of hydrogen-bond acceptors (Lipinski definition) is 10. The summed E-state index contributed by atoms with van der Waals surface area (Å²) < 4.78 is 44.5. The lowest BCUT2D eigenvalue weighted by Gasteiger charge is -2.47. The molecule has 0 aromatic carbocycles. The quantitative estimate of drug-likeness (QED) is 0.276. The van der Waals surface area contributed by atoms with Crippen molar-refractivity contribution in [2.24, 2.45) is 17.8 Å². The average molecular weight is 699 g/mol. The van der Waals surface area contributed by atoms with Crippen LogP contribution < -0.4 is 0 Å². The van der Waals surface area contributed by atoms with Gasteiger partial charge >= 0.3 is 5.97 Å². The highest BCUT2D eigenvalue weighted by Gasteiger charge is 2.60. The zero-order valence-electron chi connectivity index (χ0n) is 30.8. The van der Waals surface area contributed by atoms with E-state index in [1.807, 2.05) is 25.2 Å². The zero-order chi connectivity index (χ0) is 35.8. The molecule has 278 valence electrons. The van der Waals surface area contributed by atoms with Gasteiger partial charge < -0.3 is 43.4 Å². The third kappa shape index (κ3) is 7.64. The van der Waals surface area contributed by atoms with Crippen LogP contribution in [0.4, 0.5) is 0 Å². The van der Waals surface area contributed by atoms with E-state index in [4.69, 9.17) is 33.2 Å². The van der Waals surface area contributed by atoms with Gasteiger partial charge in [0.25, 0.3) is 0 Å². The Balaban J connectivity index is 1.38. The summed E-state index contributed by atoms with van der Waals surface area (Å²) >= 11 is 0. The first-order valence-corrected chi connectivity index (χ1v) is 18.7. The van der Waals surface area contributed by atoms with Crippen LogP contribution >= 0.6 is 0 Å². The van der Waals surface area contributed by atoms with Crippen LogP contribution in [0.3, 0.4) is 0 Å². The molecule has 6 rings (SSSR count). The Morgan fingerprint density at radius 3 is 2.58 bits per heavy atom. The van der Waals surface area contributed by atoms with Crippen LogP contribution in [0.5, 0.6) is 0 Å². The van der Waals surface area contributed by atoms with Crippen LogP contribution in [0, 0.1) is 17.8 Å². The maximum absolute atomic E-state index is 14.2. The number of fused-ring (bicyclic) bond motifs is 2. The first kappa shape index (κ1) is 37.6. The predicted octanol–water partition coefficient (Wildman–Crippen LogP) is 5.63. The van der Waals surface area contributed by atoms with Crippen molar-refractivity contribution in [1.29, 1.82) is 0 Å². The molecule has 14 atom stereocenters. The Bertz CT molecular complexity index is 1380. The minimum absolute atomic E-state index is 0.00608. The van der Waals surface area contributed by atoms with Gasteiger partial charge in [-0.2, -0.15) is 0 Å². The van der Waals surface area contributed by atoms with Gasteiger partial charge in [-0.25, -0.2) is 0 Å². The summed E-state index contributed by atoms with van der Waals surface area (Å²) in [4.78, 5) is 14.2. The first-order valence-electron chi connectivity index (χ1n) is 18.7. The van der Waals surface area contributed by atoms with Gasteiger partial charge in [-0.3, -0.25) is 4.79 Å². The molecule has 5 heterocycles. The molecule has 1 aliphatic carbocycles. The molecule has 10 heteroatoms. The van der Waals surface area contributed by atoms with Crippen LogP contribution in [0.15, 0.2) is 59.3 Å². The van der Waals surface area contributed by atoms with E-state index < -0.39 is 47.9 Å². The molecule has 0 amide bonds. The molecule has 1 spiro atoms. The Kier molecular flexibility index (Phi) is 11.6. The first-order chi connectivity index (χ1) is 23.9. The van der Waals surface area contributed by atoms with Crippen molar-refractivity contribution in [3.05, 3.63) is 59.3 Å². The van der Waals surface area contributed by atoms with Crippen LogP contribution in [-0.4, -0.2) is 96.4 Å². The highest BCUT2D eigenvalue weighted by Crippen LogP contribution is 2.47. The topological polar surface area (TPSA) is 122 Å². The summed E-state index contributed by atoms with van der Waals surface area (Å²) in [5.74, 6) is -2.52. The van der Waals surface area contributed by atoms with E-state index in [0.717, 1.165) is 24.8 Å². The van der Waals surface area contributed by atoms with Gasteiger partial charge in [-0.1, -0.05) is 63.6 Å². The summed E-state index contributed by atoms with van der Waals surface area (Å²) in [7, 11) is 1.73. The third-order valence-electron chi connectivity index (χ3n) is 11.5. The second-order valence-electron chi connectivity index (χ2n) is 15.5. The smallest absolute Gasteiger partial charge is 0.316 e. The van der Waals surface area contributed by atoms with Gasteiger partial charge in [-0.15, -0.1) is 0 Å². The summed E-state index contributed by atoms with van der Waals surface area (Å²) in [6.45, 7) is 12.3. The van der Waals surface area contributed by atoms with Crippen LogP contribution in [-0.2, 0) is 38.0 Å². The Labute approximate surface area is 297 Å². The van der Waals surface area contributed by atoms with Gasteiger partial charge in [0.2, 0.25) is 0 Å². The number of esters is 1. The molecule has 5 aliphatic heterocycles. The Morgan fingerprint density at radius 2 is 1.82 bits per heavy atom. The zero-order valence-corrected chi connectivity index (χ0v) is 30.8. The summed E-state index contributed by atoms with van der Waals surface area (Å²) in [5, 5.41) is 23.4. The van der Waals surface area contributed by atoms with E-state index in [-0.39, 0.29) is 49.0 Å². The van der Waals surface area contributed by atoms with Crippen molar-refractivity contribution in [2.75, 3.05) is 13.7 Å². The van der Waals surface area contributed by atoms with E-state index in [1.54, 1.807) is 26.2 Å². The Hall–Kier alpha value is -2.15. The molecule has 3 saturated heterocycles. The maximum Gasteiger partial charge on any atom is 0.316 e. The number of allylic oxidation sites excluding steroid dienone is 2. The minimum Gasteiger partial charge on any atom is -0.462 e. The van der Waals surface area contributed by atoms with Crippen molar-refractivity contribution < 1.29 is 48.2 Å². The molecule has 0 saturated carbocycles. The number of aliphatic hydroxyl groups excluding tert-OH is 1. The van der Waals surface area contributed by atoms with Crippen molar-refractivity contribution in [2.45, 2.75) is 153 Å². The number of hydrogen-bond donors (Lipinski definition) is 2. The number of carbonyl (C=O) groups is 1. The molecule has 0 aromatic heterocycles. The van der Waals surface area contributed by atoms with Crippen LogP contribution in [0.1, 0.15) is 86.5 Å². The summed E-state index contributed by atoms with van der Waals surface area (Å²) in [6, 6.07) is 0. The van der Waals surface area contributed by atoms with Crippen molar-refractivity contribution >= 4 is 5.97 Å². The second kappa shape index (κ2) is 15.4. The molecule has 0 radical (unpaired) electrons. The van der Waals surface area contributed by atoms with Crippen molar-refractivity contribution in [3.8, 4) is 0 Å². The van der Waals surface area contributed by atoms with Gasteiger partial charge in [0.05, 0.1) is 37.1 Å². The number of rotatable bonds is 5. The number of ether oxygens (including phenoxy) is 7. The van der Waals surface area contributed by atoms with E-state index >= 15 is 0 Å². The molecular formula is C40H58O10. The largest absolute Gasteiger partial charge is 0.462 e. The molecule has 2 bridgehead atoms. The second-order valence-corrected chi connectivity index (χ2v) is 15.5. The standard InChI is InChI=1S/C40H58O10/c1-8-10-33-23(2)15-16-39(50-33)21-31-19-29(49-39)14-13-25(4)36(48-34-20-30(44-7)18-27(6)46-34)24(3)11-9-12-28-22-45-37-35(41)26(5)17-32(38(42)47-31)40(28,37)43/h9,11-13,15-17,23-24,27,29-37,41,43H,8,10,14,18-22H2,1-7H3/b11-9+,25-13+,28-12+/t23-,24-,27-,29+,30+,31-,32?,33?,34-,35+,36-,37?,39+,40+/m0/s1. The molecule has 50 heavy (non-hydrogen) atoms. The van der Waals surface area contributed by atoms with Gasteiger partial charge in [0, 0.05) is 38.2 Å². The van der Waals surface area contributed by atoms with Crippen LogP contribution in [0.25, 0.3) is 0 Å². The fraction of sp³-hybridized carbons (Fsp3) is 0.725. The number of aliphatic hydroxyl groups is 2. The average Bonchev–Trinajstić information content (AvgIpc) is 3.41. The summed E-state index contributed by atoms with van der Waals surface area (Å²) in [5.41, 5.74) is 0.328. The summed E-state index contributed by atoms with van der Waals surface area (Å²) in [6.07, 6.45) is 14.7. The van der Waals surface area contributed by atoms with E-state index in [9.17, 15) is 15.0 Å². The fourth-order valence-electron chi connectivity index (χ4n) is 8.65. The van der Waals surface area contributed by atoms with Gasteiger partial charge in [0.15, 0.2) is 12.1 Å². The van der Waals surface area contributed by atoms with Crippen molar-refractivity contribution in [1.82, 2.24) is 0 Å². The highest BCUT2D eigenvalue weighted by molar-refractivity contribution is 5.78. The highest BCUT2D eigenvalue weighted by atomic mass is 16.7. The molecule has 2 N–H and O–H groups in total. The molecule has 10 nitrogen and oxygen atoms in total. The molecule has 0 aromatic rings. The van der Waals surface area contributed by atoms with Gasteiger partial charge in [0.1, 0.15) is 29.8 Å². The lowest BCUT2D eigenvalue weighted by atomic mass is 9.71. The monoisotopic (exact) mass is 698 g/mol. The predicted molar refractivity (Wildman–Crippen MR) is 187 cm³/mol.